The van der Waals surface area contributed by atoms with Gasteiger partial charge in [-0.05, 0) is 42.5 Å². The quantitative estimate of drug-likeness (QED) is 0.883. The number of hydrogen-bond acceptors (Lipinski definition) is 4. The fraction of sp³-hybridized carbons (Fsp3) is 0.125. The third-order valence-electron chi connectivity index (χ3n) is 3.16. The molecule has 0 aliphatic rings. The Morgan fingerprint density at radius 3 is 2.54 bits per heavy atom. The lowest BCUT2D eigenvalue weighted by Gasteiger charge is -2.17. The van der Waals surface area contributed by atoms with Crippen molar-refractivity contribution >= 4 is 33.2 Å². The smallest absolute Gasteiger partial charge is 0.243 e. The molecule has 2 aromatic carbocycles. The Hall–Kier alpha value is -2.40. The van der Waals surface area contributed by atoms with E-state index in [4.69, 9.17) is 16.9 Å². The van der Waals surface area contributed by atoms with Crippen LogP contribution in [0.15, 0.2) is 53.4 Å². The van der Waals surface area contributed by atoms with Crippen molar-refractivity contribution in [1.82, 2.24) is 4.31 Å². The van der Waals surface area contributed by atoms with Crippen LogP contribution in [0.25, 0.3) is 0 Å². The van der Waals surface area contributed by atoms with Gasteiger partial charge in [-0.2, -0.15) is 9.57 Å². The van der Waals surface area contributed by atoms with Gasteiger partial charge in [-0.1, -0.05) is 17.7 Å². The van der Waals surface area contributed by atoms with Crippen LogP contribution in [0.3, 0.4) is 0 Å². The van der Waals surface area contributed by atoms with Crippen LogP contribution in [0.5, 0.6) is 0 Å². The summed E-state index contributed by atoms with van der Waals surface area (Å²) in [6.07, 6.45) is 0. The van der Waals surface area contributed by atoms with Crippen molar-refractivity contribution in [2.75, 3.05) is 18.9 Å². The fourth-order valence-corrected chi connectivity index (χ4v) is 3.19. The van der Waals surface area contributed by atoms with Gasteiger partial charge in [0.25, 0.3) is 0 Å². The molecule has 0 aromatic heterocycles. The molecule has 1 amide bonds. The van der Waals surface area contributed by atoms with Gasteiger partial charge >= 0.3 is 0 Å². The summed E-state index contributed by atoms with van der Waals surface area (Å²) in [5, 5.41) is 11.8. The average Bonchev–Trinajstić information content (AvgIpc) is 2.55. The minimum atomic E-state index is -3.79. The molecule has 0 bridgehead atoms. The van der Waals surface area contributed by atoms with Gasteiger partial charge < -0.3 is 5.32 Å². The molecule has 0 fully saturated rings. The predicted molar refractivity (Wildman–Crippen MR) is 91.1 cm³/mol. The number of sulfonamides is 1. The number of hydrogen-bond donors (Lipinski definition) is 1. The van der Waals surface area contributed by atoms with Gasteiger partial charge in [0.05, 0.1) is 23.1 Å². The van der Waals surface area contributed by atoms with Crippen LogP contribution in [-0.4, -0.2) is 32.2 Å². The number of likely N-dealkylation sites (N-methyl/N-ethyl adjacent to an activating group) is 1. The van der Waals surface area contributed by atoms with E-state index in [1.807, 2.05) is 6.07 Å². The van der Waals surface area contributed by atoms with Crippen molar-refractivity contribution in [3.8, 4) is 6.07 Å². The number of halogens is 1. The molecule has 0 spiro atoms. The molecule has 0 atom stereocenters. The van der Waals surface area contributed by atoms with Gasteiger partial charge in [0.2, 0.25) is 15.9 Å². The number of carbonyl (C=O) groups is 1. The maximum Gasteiger partial charge on any atom is 0.243 e. The lowest BCUT2D eigenvalue weighted by atomic mass is 10.2. The van der Waals surface area contributed by atoms with Crippen LogP contribution >= 0.6 is 11.6 Å². The molecule has 0 radical (unpaired) electrons. The van der Waals surface area contributed by atoms with E-state index in [0.717, 1.165) is 4.31 Å². The zero-order valence-electron chi connectivity index (χ0n) is 12.7. The molecule has 0 heterocycles. The molecule has 2 aromatic rings. The number of nitrogens with one attached hydrogen (secondary N) is 1. The molecule has 0 aliphatic heterocycles. The summed E-state index contributed by atoms with van der Waals surface area (Å²) < 4.78 is 25.7. The van der Waals surface area contributed by atoms with E-state index in [1.54, 1.807) is 18.2 Å². The van der Waals surface area contributed by atoms with Crippen LogP contribution in [0, 0.1) is 11.3 Å². The molecule has 2 rings (SSSR count). The van der Waals surface area contributed by atoms with Gasteiger partial charge in [-0.15, -0.1) is 0 Å². The summed E-state index contributed by atoms with van der Waals surface area (Å²) >= 11 is 5.75. The SMILES string of the molecule is CN(CC(=O)Nc1cccc(C#N)c1)S(=O)(=O)c1ccc(Cl)cc1. The summed E-state index contributed by atoms with van der Waals surface area (Å²) in [7, 11) is -2.48. The maximum atomic E-state index is 12.4. The highest BCUT2D eigenvalue weighted by Gasteiger charge is 2.22. The lowest BCUT2D eigenvalue weighted by molar-refractivity contribution is -0.116. The summed E-state index contributed by atoms with van der Waals surface area (Å²) in [4.78, 5) is 12.1. The number of rotatable bonds is 5. The average molecular weight is 364 g/mol. The van der Waals surface area contributed by atoms with E-state index < -0.39 is 15.9 Å². The van der Waals surface area contributed by atoms with Gasteiger partial charge in [0.1, 0.15) is 0 Å². The van der Waals surface area contributed by atoms with Crippen LogP contribution in [0.1, 0.15) is 5.56 Å². The third-order valence-corrected chi connectivity index (χ3v) is 5.23. The molecule has 8 heteroatoms. The van der Waals surface area contributed by atoms with Crippen molar-refractivity contribution in [1.29, 1.82) is 5.26 Å². The highest BCUT2D eigenvalue weighted by atomic mass is 35.5. The highest BCUT2D eigenvalue weighted by molar-refractivity contribution is 7.89. The molecular weight excluding hydrogens is 350 g/mol. The monoisotopic (exact) mass is 363 g/mol. The van der Waals surface area contributed by atoms with E-state index in [2.05, 4.69) is 5.32 Å². The summed E-state index contributed by atoms with van der Waals surface area (Å²) in [6.45, 7) is -0.359. The Bertz CT molecular complexity index is 890. The Kier molecular flexibility index (Phi) is 5.57. The Balaban J connectivity index is 2.07. The Morgan fingerprint density at radius 1 is 1.25 bits per heavy atom. The second-order valence-corrected chi connectivity index (χ2v) is 7.44. The van der Waals surface area contributed by atoms with Crippen LogP contribution in [-0.2, 0) is 14.8 Å². The topological polar surface area (TPSA) is 90.3 Å². The standard InChI is InChI=1S/C16H14ClN3O3S/c1-20(24(22,23)15-7-5-13(17)6-8-15)11-16(21)19-14-4-2-3-12(9-14)10-18/h2-9H,11H2,1H3,(H,19,21). The first-order valence-electron chi connectivity index (χ1n) is 6.85. The minimum Gasteiger partial charge on any atom is -0.325 e. The predicted octanol–water partition coefficient (Wildman–Crippen LogP) is 2.47. The van der Waals surface area contributed by atoms with E-state index in [1.165, 1.54) is 37.4 Å². The summed E-state index contributed by atoms with van der Waals surface area (Å²) in [6, 6.07) is 14.0. The second kappa shape index (κ2) is 7.45. The molecule has 124 valence electrons. The van der Waals surface area contributed by atoms with Crippen molar-refractivity contribution in [3.63, 3.8) is 0 Å². The number of anilines is 1. The van der Waals surface area contributed by atoms with Crippen molar-refractivity contribution in [3.05, 3.63) is 59.1 Å². The van der Waals surface area contributed by atoms with Gasteiger partial charge in [0.15, 0.2) is 0 Å². The van der Waals surface area contributed by atoms with Gasteiger partial charge in [0, 0.05) is 17.8 Å². The Labute approximate surface area is 145 Å². The van der Waals surface area contributed by atoms with Crippen LogP contribution in [0.2, 0.25) is 5.02 Å². The molecule has 1 N–H and O–H groups in total. The first kappa shape index (κ1) is 17.9. The molecule has 0 saturated heterocycles. The number of benzene rings is 2. The van der Waals surface area contributed by atoms with E-state index in [0.29, 0.717) is 16.3 Å². The van der Waals surface area contributed by atoms with Crippen molar-refractivity contribution in [2.24, 2.45) is 0 Å². The fourth-order valence-electron chi connectivity index (χ4n) is 1.94. The van der Waals surface area contributed by atoms with E-state index in [-0.39, 0.29) is 11.4 Å². The zero-order chi connectivity index (χ0) is 17.7. The number of nitrogens with zero attached hydrogens (tertiary/aromatic N) is 2. The van der Waals surface area contributed by atoms with Gasteiger partial charge in [-0.25, -0.2) is 8.42 Å². The molecule has 24 heavy (non-hydrogen) atoms. The summed E-state index contributed by atoms with van der Waals surface area (Å²) in [5.74, 6) is -0.509. The molecule has 0 saturated carbocycles. The third kappa shape index (κ3) is 4.32. The first-order chi connectivity index (χ1) is 11.3. The van der Waals surface area contributed by atoms with Gasteiger partial charge in [-0.3, -0.25) is 4.79 Å². The molecular formula is C16H14ClN3O3S. The van der Waals surface area contributed by atoms with Crippen LogP contribution < -0.4 is 5.32 Å². The normalized spacial score (nSPS) is 11.1. The van der Waals surface area contributed by atoms with Crippen molar-refractivity contribution < 1.29 is 13.2 Å². The largest absolute Gasteiger partial charge is 0.325 e. The lowest BCUT2D eigenvalue weighted by Crippen LogP contribution is -2.34. The number of nitriles is 1. The first-order valence-corrected chi connectivity index (χ1v) is 8.66. The Morgan fingerprint density at radius 2 is 1.92 bits per heavy atom. The van der Waals surface area contributed by atoms with E-state index >= 15 is 0 Å². The second-order valence-electron chi connectivity index (χ2n) is 4.96. The minimum absolute atomic E-state index is 0.0497. The van der Waals surface area contributed by atoms with Crippen LogP contribution in [0.4, 0.5) is 5.69 Å². The molecule has 6 nitrogen and oxygen atoms in total. The zero-order valence-corrected chi connectivity index (χ0v) is 14.3. The highest BCUT2D eigenvalue weighted by Crippen LogP contribution is 2.17. The molecule has 0 unspecified atom stereocenters. The summed E-state index contributed by atoms with van der Waals surface area (Å²) in [5.41, 5.74) is 0.825. The molecule has 0 aliphatic carbocycles. The number of carbonyl (C=O) groups excluding carboxylic acids is 1. The van der Waals surface area contributed by atoms with Crippen molar-refractivity contribution in [2.45, 2.75) is 4.90 Å². The maximum absolute atomic E-state index is 12.4. The van der Waals surface area contributed by atoms with E-state index in [9.17, 15) is 13.2 Å². The number of amides is 1.